The van der Waals surface area contributed by atoms with Gasteiger partial charge in [0, 0.05) is 0 Å². The summed E-state index contributed by atoms with van der Waals surface area (Å²) in [5, 5.41) is 9.40. The normalized spacial score (nSPS) is 29.7. The molecule has 0 saturated heterocycles. The Morgan fingerprint density at radius 3 is 2.67 bits per heavy atom. The molecule has 0 bridgehead atoms. The van der Waals surface area contributed by atoms with E-state index in [1.54, 1.807) is 6.07 Å². The molecule has 0 radical (unpaired) electrons. The predicted molar refractivity (Wildman–Crippen MR) is 55.5 cm³/mol. The number of rotatable bonds is 2. The van der Waals surface area contributed by atoms with Gasteiger partial charge in [0.25, 0.3) is 0 Å². The fraction of sp³-hybridized carbons (Fsp3) is 0.500. The van der Waals surface area contributed by atoms with Gasteiger partial charge in [0.1, 0.15) is 0 Å². The second-order valence-electron chi connectivity index (χ2n) is 4.16. The largest absolute Gasteiger partial charge is 0.494 e. The number of aliphatic hydroxyl groups excluding tert-OH is 1. The summed E-state index contributed by atoms with van der Waals surface area (Å²) in [7, 11) is 1.45. The third kappa shape index (κ3) is 1.72. The van der Waals surface area contributed by atoms with Crippen molar-refractivity contribution in [2.24, 2.45) is 5.92 Å². The molecule has 1 aromatic rings. The maximum Gasteiger partial charge on any atom is 0.165 e. The number of hydrogen-bond donors (Lipinski definition) is 1. The van der Waals surface area contributed by atoms with Crippen LogP contribution in [0.5, 0.6) is 5.75 Å². The zero-order chi connectivity index (χ0) is 11.0. The van der Waals surface area contributed by atoms with Crippen LogP contribution in [-0.2, 0) is 0 Å². The van der Waals surface area contributed by atoms with E-state index in [1.165, 1.54) is 13.2 Å². The Morgan fingerprint density at radius 2 is 2.20 bits per heavy atom. The lowest BCUT2D eigenvalue weighted by atomic mass is 9.69. The number of benzene rings is 1. The molecular weight excluding hydrogens is 195 g/mol. The van der Waals surface area contributed by atoms with Gasteiger partial charge < -0.3 is 9.84 Å². The Labute approximate surface area is 88.7 Å². The van der Waals surface area contributed by atoms with Crippen molar-refractivity contribution >= 4 is 0 Å². The second kappa shape index (κ2) is 3.81. The summed E-state index contributed by atoms with van der Waals surface area (Å²) in [5.74, 6) is 0.438. The van der Waals surface area contributed by atoms with Gasteiger partial charge in [0.05, 0.1) is 13.2 Å². The van der Waals surface area contributed by atoms with Crippen molar-refractivity contribution in [1.29, 1.82) is 0 Å². The highest BCUT2D eigenvalue weighted by Gasteiger charge is 2.37. The molecule has 2 nitrogen and oxygen atoms in total. The molecule has 1 N–H and O–H groups in total. The van der Waals surface area contributed by atoms with E-state index in [0.717, 1.165) is 12.0 Å². The van der Waals surface area contributed by atoms with Crippen LogP contribution in [0.4, 0.5) is 4.39 Å². The summed E-state index contributed by atoms with van der Waals surface area (Å²) in [6, 6.07) is 5.02. The van der Waals surface area contributed by atoms with Crippen molar-refractivity contribution < 1.29 is 14.2 Å². The van der Waals surface area contributed by atoms with Gasteiger partial charge in [-0.1, -0.05) is 13.0 Å². The van der Waals surface area contributed by atoms with Crippen LogP contribution in [0.2, 0.25) is 0 Å². The van der Waals surface area contributed by atoms with Gasteiger partial charge in [-0.2, -0.15) is 0 Å². The van der Waals surface area contributed by atoms with E-state index in [4.69, 9.17) is 4.74 Å². The first-order valence-corrected chi connectivity index (χ1v) is 5.15. The molecule has 2 rings (SSSR count). The molecule has 1 aromatic carbocycles. The molecule has 0 amide bonds. The monoisotopic (exact) mass is 210 g/mol. The standard InChI is InChI=1S/C12H15FO2/c1-7-9(6-11(7)14)8-3-4-12(15-2)10(13)5-8/h3-5,7,9,11,14H,6H2,1-2H3. The van der Waals surface area contributed by atoms with Crippen molar-refractivity contribution in [3.63, 3.8) is 0 Å². The fourth-order valence-electron chi connectivity index (χ4n) is 2.11. The van der Waals surface area contributed by atoms with Gasteiger partial charge in [-0.05, 0) is 36.0 Å². The zero-order valence-electron chi connectivity index (χ0n) is 8.90. The Balaban J connectivity index is 2.20. The van der Waals surface area contributed by atoms with Crippen molar-refractivity contribution in [2.75, 3.05) is 7.11 Å². The minimum Gasteiger partial charge on any atom is -0.494 e. The zero-order valence-corrected chi connectivity index (χ0v) is 8.90. The Kier molecular flexibility index (Phi) is 2.65. The summed E-state index contributed by atoms with van der Waals surface area (Å²) in [6.07, 6.45) is 0.493. The molecule has 3 heteroatoms. The molecule has 1 saturated carbocycles. The van der Waals surface area contributed by atoms with E-state index in [9.17, 15) is 9.50 Å². The van der Waals surface area contributed by atoms with Crippen LogP contribution in [0.25, 0.3) is 0 Å². The van der Waals surface area contributed by atoms with Gasteiger partial charge in [-0.25, -0.2) is 4.39 Å². The van der Waals surface area contributed by atoms with Crippen molar-refractivity contribution in [1.82, 2.24) is 0 Å². The van der Waals surface area contributed by atoms with Gasteiger partial charge in [-0.15, -0.1) is 0 Å². The highest BCUT2D eigenvalue weighted by atomic mass is 19.1. The average Bonchev–Trinajstić information content (AvgIpc) is 2.25. The van der Waals surface area contributed by atoms with E-state index in [2.05, 4.69) is 0 Å². The molecule has 3 atom stereocenters. The number of halogens is 1. The molecule has 0 aliphatic heterocycles. The first kappa shape index (κ1) is 10.4. The Morgan fingerprint density at radius 1 is 1.47 bits per heavy atom. The highest BCUT2D eigenvalue weighted by Crippen LogP contribution is 2.42. The van der Waals surface area contributed by atoms with Crippen molar-refractivity contribution in [2.45, 2.75) is 25.4 Å². The molecule has 1 fully saturated rings. The molecule has 1 aliphatic carbocycles. The Bertz CT molecular complexity index is 365. The number of methoxy groups -OCH3 is 1. The van der Waals surface area contributed by atoms with Crippen LogP contribution in [0.1, 0.15) is 24.8 Å². The van der Waals surface area contributed by atoms with Crippen LogP contribution in [0.15, 0.2) is 18.2 Å². The molecule has 3 unspecified atom stereocenters. The number of ether oxygens (including phenoxy) is 1. The van der Waals surface area contributed by atoms with Crippen LogP contribution < -0.4 is 4.74 Å². The third-order valence-corrected chi connectivity index (χ3v) is 3.34. The van der Waals surface area contributed by atoms with Crippen molar-refractivity contribution in [3.05, 3.63) is 29.6 Å². The number of hydrogen-bond acceptors (Lipinski definition) is 2. The molecule has 0 aromatic heterocycles. The molecular formula is C12H15FO2. The van der Waals surface area contributed by atoms with Crippen LogP contribution >= 0.6 is 0 Å². The minimum atomic E-state index is -0.330. The SMILES string of the molecule is COc1ccc(C2CC(O)C2C)cc1F. The van der Waals surface area contributed by atoms with Gasteiger partial charge >= 0.3 is 0 Å². The lowest BCUT2D eigenvalue weighted by molar-refractivity contribution is 0.0116. The van der Waals surface area contributed by atoms with E-state index >= 15 is 0 Å². The second-order valence-corrected chi connectivity index (χ2v) is 4.16. The Hall–Kier alpha value is -1.09. The summed E-state index contributed by atoms with van der Waals surface area (Å²) in [6.45, 7) is 1.99. The highest BCUT2D eigenvalue weighted by molar-refractivity contribution is 5.33. The van der Waals surface area contributed by atoms with Crippen LogP contribution in [0.3, 0.4) is 0 Å². The van der Waals surface area contributed by atoms with Gasteiger partial charge in [0.2, 0.25) is 0 Å². The van der Waals surface area contributed by atoms with Gasteiger partial charge in [0.15, 0.2) is 11.6 Å². The predicted octanol–water partition coefficient (Wildman–Crippen LogP) is 2.32. The minimum absolute atomic E-state index is 0.220. The molecule has 15 heavy (non-hydrogen) atoms. The van der Waals surface area contributed by atoms with E-state index < -0.39 is 0 Å². The van der Waals surface area contributed by atoms with Crippen LogP contribution in [-0.4, -0.2) is 18.3 Å². The lowest BCUT2D eigenvalue weighted by Gasteiger charge is -2.39. The molecule has 0 heterocycles. The summed E-state index contributed by atoms with van der Waals surface area (Å²) in [4.78, 5) is 0. The summed E-state index contributed by atoms with van der Waals surface area (Å²) >= 11 is 0. The first-order valence-electron chi connectivity index (χ1n) is 5.15. The topological polar surface area (TPSA) is 29.5 Å². The molecule has 0 spiro atoms. The maximum absolute atomic E-state index is 13.4. The quantitative estimate of drug-likeness (QED) is 0.811. The number of aliphatic hydroxyl groups is 1. The summed E-state index contributed by atoms with van der Waals surface area (Å²) in [5.41, 5.74) is 0.950. The third-order valence-electron chi connectivity index (χ3n) is 3.34. The lowest BCUT2D eigenvalue weighted by Crippen LogP contribution is -2.37. The maximum atomic E-state index is 13.4. The van der Waals surface area contributed by atoms with Crippen LogP contribution in [0, 0.1) is 11.7 Å². The van der Waals surface area contributed by atoms with E-state index in [0.29, 0.717) is 0 Å². The fourth-order valence-corrected chi connectivity index (χ4v) is 2.11. The van der Waals surface area contributed by atoms with Gasteiger partial charge in [-0.3, -0.25) is 0 Å². The molecule has 82 valence electrons. The first-order chi connectivity index (χ1) is 7.13. The average molecular weight is 210 g/mol. The molecule has 1 aliphatic rings. The van der Waals surface area contributed by atoms with E-state index in [1.807, 2.05) is 13.0 Å². The smallest absolute Gasteiger partial charge is 0.165 e. The van der Waals surface area contributed by atoms with E-state index in [-0.39, 0.29) is 29.5 Å². The van der Waals surface area contributed by atoms with Crippen molar-refractivity contribution in [3.8, 4) is 5.75 Å². The summed E-state index contributed by atoms with van der Waals surface area (Å²) < 4.78 is 18.3.